The normalized spacial score (nSPS) is 30.3. The Morgan fingerprint density at radius 1 is 1.38 bits per heavy atom. The van der Waals surface area contributed by atoms with E-state index in [1.807, 2.05) is 24.3 Å². The number of aromatic nitrogens is 1. The zero-order valence-corrected chi connectivity index (χ0v) is 14.2. The Kier molecular flexibility index (Phi) is 4.02. The number of pyridine rings is 1. The van der Waals surface area contributed by atoms with Gasteiger partial charge in [0.05, 0.1) is 18.7 Å². The summed E-state index contributed by atoms with van der Waals surface area (Å²) in [6.07, 6.45) is 6.91. The first kappa shape index (κ1) is 15.6. The zero-order valence-electron chi connectivity index (χ0n) is 14.2. The molecule has 2 aliphatic rings. The molecule has 0 aliphatic carbocycles. The summed E-state index contributed by atoms with van der Waals surface area (Å²) in [5.74, 6) is 1.89. The number of allylic oxidation sites excluding steroid dienone is 1. The molecule has 4 heteroatoms. The third-order valence-electron chi connectivity index (χ3n) is 5.67. The molecule has 4 rings (SSSR count). The maximum atomic E-state index is 11.2. The molecular weight excluding hydrogens is 300 g/mol. The van der Waals surface area contributed by atoms with Crippen molar-refractivity contribution in [1.29, 1.82) is 0 Å². The van der Waals surface area contributed by atoms with Gasteiger partial charge in [-0.1, -0.05) is 12.2 Å². The Labute approximate surface area is 142 Å². The van der Waals surface area contributed by atoms with E-state index in [0.717, 1.165) is 35.3 Å². The van der Waals surface area contributed by atoms with E-state index in [0.29, 0.717) is 11.8 Å². The Morgan fingerprint density at radius 2 is 2.25 bits per heavy atom. The number of methoxy groups -OCH3 is 1. The van der Waals surface area contributed by atoms with Crippen LogP contribution in [0.15, 0.2) is 42.6 Å². The molecule has 4 nitrogen and oxygen atoms in total. The molecule has 2 saturated heterocycles. The van der Waals surface area contributed by atoms with Crippen LogP contribution < -0.4 is 4.74 Å². The minimum atomic E-state index is -0.495. The van der Waals surface area contributed by atoms with Gasteiger partial charge in [0.15, 0.2) is 0 Å². The van der Waals surface area contributed by atoms with Gasteiger partial charge >= 0.3 is 0 Å². The lowest BCUT2D eigenvalue weighted by Gasteiger charge is -2.26. The molecule has 1 aromatic carbocycles. The van der Waals surface area contributed by atoms with Gasteiger partial charge in [0.25, 0.3) is 0 Å². The van der Waals surface area contributed by atoms with Crippen molar-refractivity contribution >= 4 is 10.9 Å². The molecule has 0 radical (unpaired) electrons. The van der Waals surface area contributed by atoms with Crippen molar-refractivity contribution in [3.63, 3.8) is 0 Å². The average molecular weight is 324 g/mol. The summed E-state index contributed by atoms with van der Waals surface area (Å²) in [6.45, 7) is 4.23. The van der Waals surface area contributed by atoms with Gasteiger partial charge in [-0.05, 0) is 61.6 Å². The maximum Gasteiger partial charge on any atom is 0.119 e. The van der Waals surface area contributed by atoms with Crippen LogP contribution in [0.1, 0.15) is 25.0 Å². The fourth-order valence-corrected chi connectivity index (χ4v) is 4.59. The van der Waals surface area contributed by atoms with Gasteiger partial charge in [0, 0.05) is 24.2 Å². The van der Waals surface area contributed by atoms with Gasteiger partial charge in [-0.15, -0.1) is 0 Å². The summed E-state index contributed by atoms with van der Waals surface area (Å²) in [5.41, 5.74) is 1.86. The van der Waals surface area contributed by atoms with Crippen LogP contribution >= 0.6 is 0 Å². The lowest BCUT2D eigenvalue weighted by Crippen LogP contribution is -2.31. The van der Waals surface area contributed by atoms with Crippen molar-refractivity contribution in [2.45, 2.75) is 25.5 Å². The van der Waals surface area contributed by atoms with E-state index in [9.17, 15) is 5.11 Å². The number of ether oxygens (including phenoxy) is 1. The van der Waals surface area contributed by atoms with Crippen LogP contribution in [0.2, 0.25) is 0 Å². The minimum absolute atomic E-state index is 0.197. The van der Waals surface area contributed by atoms with Crippen LogP contribution in [0, 0.1) is 11.8 Å². The fraction of sp³-hybridized carbons (Fsp3) is 0.450. The first-order chi connectivity index (χ1) is 11.7. The fourth-order valence-electron chi connectivity index (χ4n) is 4.59. The van der Waals surface area contributed by atoms with Gasteiger partial charge in [-0.25, -0.2) is 0 Å². The van der Waals surface area contributed by atoms with Crippen LogP contribution in [0.3, 0.4) is 0 Å². The number of aliphatic hydroxyl groups is 1. The second-order valence-corrected chi connectivity index (χ2v) is 6.86. The molecule has 3 unspecified atom stereocenters. The van der Waals surface area contributed by atoms with E-state index < -0.39 is 6.10 Å². The van der Waals surface area contributed by atoms with E-state index in [1.54, 1.807) is 13.3 Å². The second kappa shape index (κ2) is 6.19. The summed E-state index contributed by atoms with van der Waals surface area (Å²) in [4.78, 5) is 6.88. The molecule has 0 saturated carbocycles. The summed E-state index contributed by atoms with van der Waals surface area (Å²) in [7, 11) is 1.66. The summed E-state index contributed by atoms with van der Waals surface area (Å²) >= 11 is 0. The molecule has 1 N–H and O–H groups in total. The predicted octanol–water partition coefficient (Wildman–Crippen LogP) is 3.17. The number of aliphatic hydroxyl groups excluding tert-OH is 1. The SMILES string of the molecule is C/C=C\[C@H]1CN2CCC1[C@H]2C(O)c1ccnc2ccc(OC)cc12. The standard InChI is InChI=1S/C20H24N2O2/c1-3-4-13-12-22-10-8-15(13)19(22)20(23)16-7-9-21-18-6-5-14(24-2)11-17(16)18/h3-7,9,11,13,15,19-20,23H,8,10,12H2,1-2H3/b4-3-/t13-,15?,19-,20?/m0/s1. The van der Waals surface area contributed by atoms with Gasteiger partial charge < -0.3 is 9.84 Å². The number of piperidine rings is 1. The highest BCUT2D eigenvalue weighted by molar-refractivity contribution is 5.84. The van der Waals surface area contributed by atoms with Crippen LogP contribution in [-0.2, 0) is 0 Å². The molecular formula is C20H24N2O2. The van der Waals surface area contributed by atoms with Gasteiger partial charge in [0.2, 0.25) is 0 Å². The van der Waals surface area contributed by atoms with E-state index in [2.05, 4.69) is 29.0 Å². The molecule has 0 spiro atoms. The summed E-state index contributed by atoms with van der Waals surface area (Å²) in [6, 6.07) is 8.00. The zero-order chi connectivity index (χ0) is 16.7. The van der Waals surface area contributed by atoms with Crippen LogP contribution in [0.4, 0.5) is 0 Å². The molecule has 2 aromatic rings. The van der Waals surface area contributed by atoms with Gasteiger partial charge in [-0.2, -0.15) is 0 Å². The van der Waals surface area contributed by atoms with Crippen molar-refractivity contribution in [3.05, 3.63) is 48.2 Å². The molecule has 126 valence electrons. The lowest BCUT2D eigenvalue weighted by atomic mass is 9.84. The topological polar surface area (TPSA) is 45.6 Å². The maximum absolute atomic E-state index is 11.2. The summed E-state index contributed by atoms with van der Waals surface area (Å²) in [5, 5.41) is 12.2. The Balaban J connectivity index is 1.72. The molecule has 2 bridgehead atoms. The third-order valence-corrected chi connectivity index (χ3v) is 5.67. The average Bonchev–Trinajstić information content (AvgIpc) is 3.18. The second-order valence-electron chi connectivity index (χ2n) is 6.86. The van der Waals surface area contributed by atoms with Crippen molar-refractivity contribution in [3.8, 4) is 5.75 Å². The first-order valence-electron chi connectivity index (χ1n) is 8.70. The molecule has 0 amide bonds. The molecule has 2 fully saturated rings. The number of hydrogen-bond donors (Lipinski definition) is 1. The largest absolute Gasteiger partial charge is 0.497 e. The highest BCUT2D eigenvalue weighted by Gasteiger charge is 2.48. The number of nitrogens with zero attached hydrogens (tertiary/aromatic N) is 2. The number of rotatable bonds is 4. The van der Waals surface area contributed by atoms with Crippen LogP contribution in [-0.4, -0.2) is 41.2 Å². The Morgan fingerprint density at radius 3 is 3.04 bits per heavy atom. The third kappa shape index (κ3) is 2.41. The number of hydrogen-bond acceptors (Lipinski definition) is 4. The Bertz CT molecular complexity index is 773. The quantitative estimate of drug-likeness (QED) is 0.878. The van der Waals surface area contributed by atoms with Crippen LogP contribution in [0.5, 0.6) is 5.75 Å². The molecule has 24 heavy (non-hydrogen) atoms. The van der Waals surface area contributed by atoms with E-state index in [-0.39, 0.29) is 6.04 Å². The Hall–Kier alpha value is -1.91. The molecule has 1 aromatic heterocycles. The summed E-state index contributed by atoms with van der Waals surface area (Å²) < 4.78 is 5.36. The lowest BCUT2D eigenvalue weighted by molar-refractivity contribution is 0.0840. The van der Waals surface area contributed by atoms with E-state index >= 15 is 0 Å². The van der Waals surface area contributed by atoms with E-state index in [4.69, 9.17) is 4.74 Å². The van der Waals surface area contributed by atoms with Crippen molar-refractivity contribution in [2.24, 2.45) is 11.8 Å². The van der Waals surface area contributed by atoms with Crippen LogP contribution in [0.25, 0.3) is 10.9 Å². The highest BCUT2D eigenvalue weighted by atomic mass is 16.5. The van der Waals surface area contributed by atoms with Crippen molar-refractivity contribution in [2.75, 3.05) is 20.2 Å². The number of benzene rings is 1. The number of fused-ring (bicyclic) bond motifs is 3. The molecule has 2 aliphatic heterocycles. The van der Waals surface area contributed by atoms with Gasteiger partial charge in [0.1, 0.15) is 5.75 Å². The minimum Gasteiger partial charge on any atom is -0.497 e. The molecule has 5 atom stereocenters. The van der Waals surface area contributed by atoms with Gasteiger partial charge in [-0.3, -0.25) is 9.88 Å². The van der Waals surface area contributed by atoms with E-state index in [1.165, 1.54) is 6.42 Å². The highest BCUT2D eigenvalue weighted by Crippen LogP contribution is 2.45. The smallest absolute Gasteiger partial charge is 0.119 e. The monoisotopic (exact) mass is 324 g/mol. The van der Waals surface area contributed by atoms with Crippen molar-refractivity contribution in [1.82, 2.24) is 9.88 Å². The first-order valence-corrected chi connectivity index (χ1v) is 8.70. The van der Waals surface area contributed by atoms with Crippen molar-refractivity contribution < 1.29 is 9.84 Å². The predicted molar refractivity (Wildman–Crippen MR) is 95.0 cm³/mol. The molecule has 3 heterocycles.